The van der Waals surface area contributed by atoms with Crippen molar-refractivity contribution in [3.05, 3.63) is 57.4 Å². The number of benzene rings is 1. The van der Waals surface area contributed by atoms with Gasteiger partial charge < -0.3 is 14.2 Å². The van der Waals surface area contributed by atoms with Gasteiger partial charge in [-0.05, 0) is 61.7 Å². The van der Waals surface area contributed by atoms with E-state index in [0.717, 1.165) is 22.6 Å². The van der Waals surface area contributed by atoms with Crippen LogP contribution in [-0.2, 0) is 14.3 Å². The molecule has 0 saturated carbocycles. The van der Waals surface area contributed by atoms with Crippen molar-refractivity contribution < 1.29 is 23.8 Å². The number of rotatable bonds is 7. The molecular formula is C27H31NO5S. The lowest BCUT2D eigenvalue weighted by Gasteiger charge is -2.36. The summed E-state index contributed by atoms with van der Waals surface area (Å²) in [5.41, 5.74) is 3.15. The number of esters is 1. The smallest absolute Gasteiger partial charge is 0.315 e. The number of methoxy groups -OCH3 is 2. The summed E-state index contributed by atoms with van der Waals surface area (Å²) in [6.07, 6.45) is 1.54. The molecular weight excluding hydrogens is 450 g/mol. The summed E-state index contributed by atoms with van der Waals surface area (Å²) in [5.74, 6) is 0.0543. The number of Topliss-reactive ketones (excluding diaryl/α,β-unsaturated/α-hetero) is 1. The Balaban J connectivity index is 1.72. The van der Waals surface area contributed by atoms with Crippen molar-refractivity contribution in [2.24, 2.45) is 10.9 Å². The van der Waals surface area contributed by atoms with E-state index in [9.17, 15) is 9.59 Å². The number of allylic oxidation sites excluding steroid dienone is 2. The summed E-state index contributed by atoms with van der Waals surface area (Å²) < 4.78 is 16.5. The normalized spacial score (nSPS) is 23.1. The summed E-state index contributed by atoms with van der Waals surface area (Å²) in [6.45, 7) is 5.74. The van der Waals surface area contributed by atoms with Crippen LogP contribution in [0.4, 0.5) is 0 Å². The maximum absolute atomic E-state index is 13.6. The van der Waals surface area contributed by atoms with Crippen molar-refractivity contribution in [1.29, 1.82) is 0 Å². The van der Waals surface area contributed by atoms with Gasteiger partial charge in [-0.3, -0.25) is 14.6 Å². The van der Waals surface area contributed by atoms with Gasteiger partial charge in [0.2, 0.25) is 0 Å². The van der Waals surface area contributed by atoms with Crippen LogP contribution in [0, 0.1) is 5.92 Å². The SMILES string of the molecule is CCC(C)OC(=O)C1C(C)=NC2=C(C(=O)CC(c3ccc(OC)c(OC)c3)C2)C1c1cccs1. The second-order valence-electron chi connectivity index (χ2n) is 8.88. The standard InChI is InChI=1S/C27H31NO5S/c1-6-15(2)33-27(30)24-16(3)28-19-12-18(17-9-10-21(31-4)22(14-17)32-5)13-20(29)25(19)26(24)23-8-7-11-34-23/h7-11,14-15,18,24,26H,6,12-13H2,1-5H3. The highest BCUT2D eigenvalue weighted by Crippen LogP contribution is 2.48. The van der Waals surface area contributed by atoms with Gasteiger partial charge in [0.05, 0.1) is 20.3 Å². The topological polar surface area (TPSA) is 74.2 Å². The molecule has 4 unspecified atom stereocenters. The Morgan fingerprint density at radius 1 is 1.18 bits per heavy atom. The second kappa shape index (κ2) is 10.1. The van der Waals surface area contributed by atoms with Gasteiger partial charge in [-0.1, -0.05) is 19.1 Å². The number of ether oxygens (including phenoxy) is 3. The number of hydrogen-bond acceptors (Lipinski definition) is 7. The Labute approximate surface area is 204 Å². The van der Waals surface area contributed by atoms with Crippen LogP contribution >= 0.6 is 11.3 Å². The molecule has 0 spiro atoms. The van der Waals surface area contributed by atoms with Crippen LogP contribution in [0.3, 0.4) is 0 Å². The van der Waals surface area contributed by atoms with E-state index in [-0.39, 0.29) is 29.7 Å². The zero-order valence-electron chi connectivity index (χ0n) is 20.3. The third-order valence-electron chi connectivity index (χ3n) is 6.76. The third-order valence-corrected chi connectivity index (χ3v) is 7.72. The van der Waals surface area contributed by atoms with Gasteiger partial charge in [-0.25, -0.2) is 0 Å². The highest BCUT2D eigenvalue weighted by molar-refractivity contribution is 7.10. The van der Waals surface area contributed by atoms with Crippen molar-refractivity contribution in [1.82, 2.24) is 0 Å². The minimum absolute atomic E-state index is 0.0183. The molecule has 2 aromatic rings. The molecule has 1 aliphatic heterocycles. The molecule has 180 valence electrons. The fraction of sp³-hybridized carbons (Fsp3) is 0.444. The Morgan fingerprint density at radius 2 is 1.94 bits per heavy atom. The molecule has 1 aliphatic carbocycles. The lowest BCUT2D eigenvalue weighted by atomic mass is 9.71. The zero-order chi connectivity index (χ0) is 24.4. The number of ketones is 1. The summed E-state index contributed by atoms with van der Waals surface area (Å²) in [4.78, 5) is 32.7. The van der Waals surface area contributed by atoms with Crippen LogP contribution < -0.4 is 9.47 Å². The first kappa shape index (κ1) is 24.2. The number of carbonyl (C=O) groups is 2. The molecule has 0 N–H and O–H groups in total. The molecule has 2 heterocycles. The maximum Gasteiger partial charge on any atom is 0.315 e. The van der Waals surface area contributed by atoms with Crippen molar-refractivity contribution in [3.63, 3.8) is 0 Å². The number of nitrogens with zero attached hydrogens (tertiary/aromatic N) is 1. The first-order valence-electron chi connectivity index (χ1n) is 11.6. The first-order valence-corrected chi connectivity index (χ1v) is 12.5. The molecule has 0 saturated heterocycles. The fourth-order valence-electron chi connectivity index (χ4n) is 4.84. The van der Waals surface area contributed by atoms with E-state index in [2.05, 4.69) is 0 Å². The summed E-state index contributed by atoms with van der Waals surface area (Å²) in [6, 6.07) is 9.74. The zero-order valence-corrected chi connectivity index (χ0v) is 21.1. The van der Waals surface area contributed by atoms with Crippen molar-refractivity contribution in [2.75, 3.05) is 14.2 Å². The minimum atomic E-state index is -0.590. The number of hydrogen-bond donors (Lipinski definition) is 0. The molecule has 0 radical (unpaired) electrons. The van der Waals surface area contributed by atoms with Gasteiger partial charge in [0, 0.05) is 34.2 Å². The third kappa shape index (κ3) is 4.53. The van der Waals surface area contributed by atoms with E-state index in [0.29, 0.717) is 35.6 Å². The largest absolute Gasteiger partial charge is 0.493 e. The number of aliphatic imine (C=N–C) groups is 1. The molecule has 1 aromatic carbocycles. The van der Waals surface area contributed by atoms with Gasteiger partial charge in [-0.2, -0.15) is 0 Å². The molecule has 4 atom stereocenters. The molecule has 6 nitrogen and oxygen atoms in total. The van der Waals surface area contributed by atoms with Crippen LogP contribution in [0.2, 0.25) is 0 Å². The molecule has 1 aromatic heterocycles. The van der Waals surface area contributed by atoms with Crippen molar-refractivity contribution in [3.8, 4) is 11.5 Å². The molecule has 34 heavy (non-hydrogen) atoms. The molecule has 0 amide bonds. The summed E-state index contributed by atoms with van der Waals surface area (Å²) >= 11 is 1.56. The van der Waals surface area contributed by atoms with E-state index in [1.165, 1.54) is 0 Å². The number of thiophene rings is 1. The average molecular weight is 482 g/mol. The summed E-state index contributed by atoms with van der Waals surface area (Å²) in [7, 11) is 3.21. The van der Waals surface area contributed by atoms with Crippen LogP contribution in [0.1, 0.15) is 62.3 Å². The van der Waals surface area contributed by atoms with E-state index in [1.54, 1.807) is 25.6 Å². The Hall–Kier alpha value is -2.93. The molecule has 4 rings (SSSR count). The van der Waals surface area contributed by atoms with Gasteiger partial charge in [0.1, 0.15) is 5.92 Å². The van der Waals surface area contributed by atoms with Crippen LogP contribution in [0.25, 0.3) is 0 Å². The Morgan fingerprint density at radius 3 is 2.59 bits per heavy atom. The van der Waals surface area contributed by atoms with Gasteiger partial charge in [0.15, 0.2) is 17.3 Å². The molecule has 7 heteroatoms. The lowest BCUT2D eigenvalue weighted by molar-refractivity contribution is -0.151. The predicted octanol–water partition coefficient (Wildman–Crippen LogP) is 5.68. The van der Waals surface area contributed by atoms with Crippen LogP contribution in [0.5, 0.6) is 11.5 Å². The van der Waals surface area contributed by atoms with Crippen LogP contribution in [-0.4, -0.2) is 37.8 Å². The van der Waals surface area contributed by atoms with E-state index in [1.807, 2.05) is 56.5 Å². The average Bonchev–Trinajstić information content (AvgIpc) is 3.37. The first-order chi connectivity index (χ1) is 16.4. The second-order valence-corrected chi connectivity index (χ2v) is 9.86. The Kier molecular flexibility index (Phi) is 7.22. The molecule has 0 fully saturated rings. The lowest BCUT2D eigenvalue weighted by Crippen LogP contribution is -2.38. The van der Waals surface area contributed by atoms with Gasteiger partial charge in [-0.15, -0.1) is 11.3 Å². The van der Waals surface area contributed by atoms with E-state index >= 15 is 0 Å². The molecule has 0 bridgehead atoms. The maximum atomic E-state index is 13.6. The number of carbonyl (C=O) groups excluding carboxylic acids is 2. The van der Waals surface area contributed by atoms with Crippen LogP contribution in [0.15, 0.2) is 52.0 Å². The van der Waals surface area contributed by atoms with Crippen molar-refractivity contribution in [2.45, 2.75) is 58.0 Å². The summed E-state index contributed by atoms with van der Waals surface area (Å²) in [5, 5.41) is 1.98. The minimum Gasteiger partial charge on any atom is -0.493 e. The highest BCUT2D eigenvalue weighted by Gasteiger charge is 2.45. The monoisotopic (exact) mass is 481 g/mol. The molecule has 2 aliphatic rings. The van der Waals surface area contributed by atoms with Gasteiger partial charge in [0.25, 0.3) is 0 Å². The Bertz CT molecular complexity index is 1130. The van der Waals surface area contributed by atoms with E-state index in [4.69, 9.17) is 19.2 Å². The predicted molar refractivity (Wildman–Crippen MR) is 133 cm³/mol. The fourth-order valence-corrected chi connectivity index (χ4v) is 5.71. The van der Waals surface area contributed by atoms with E-state index < -0.39 is 5.92 Å². The van der Waals surface area contributed by atoms with Gasteiger partial charge >= 0.3 is 5.97 Å². The highest BCUT2D eigenvalue weighted by atomic mass is 32.1. The van der Waals surface area contributed by atoms with Crippen molar-refractivity contribution >= 4 is 28.8 Å². The quantitative estimate of drug-likeness (QED) is 0.476.